The van der Waals surface area contributed by atoms with Crippen LogP contribution in [0.5, 0.6) is 0 Å². The molecule has 2 rings (SSSR count). The number of carbonyl (C=O) groups is 2. The third-order valence-electron chi connectivity index (χ3n) is 3.36. The molecule has 1 aliphatic rings. The summed E-state index contributed by atoms with van der Waals surface area (Å²) in [6.07, 6.45) is 0. The molecule has 2 N–H and O–H groups in total. The van der Waals surface area contributed by atoms with Crippen LogP contribution in [0.4, 0.5) is 4.79 Å². The first-order valence-electron chi connectivity index (χ1n) is 7.18. The van der Waals surface area contributed by atoms with Crippen LogP contribution in [0, 0.1) is 5.92 Å². The van der Waals surface area contributed by atoms with Crippen molar-refractivity contribution in [3.8, 4) is 0 Å². The lowest BCUT2D eigenvalue weighted by Crippen LogP contribution is -2.47. The number of hydrogen-bond donors (Lipinski definition) is 2. The summed E-state index contributed by atoms with van der Waals surface area (Å²) in [5, 5.41) is 5.54. The number of carbonyl (C=O) groups excluding carboxylic acids is 2. The molecule has 118 valence electrons. The van der Waals surface area contributed by atoms with Crippen LogP contribution in [0.2, 0.25) is 0 Å². The topological polar surface area (TPSA) is 67.4 Å². The number of allylic oxidation sites excluding steroid dienone is 1. The molecule has 1 aromatic rings. The second-order valence-corrected chi connectivity index (χ2v) is 6.20. The molecular weight excluding hydrogens is 348 g/mol. The summed E-state index contributed by atoms with van der Waals surface area (Å²) < 4.78 is 6.06. The van der Waals surface area contributed by atoms with Crippen LogP contribution in [0.3, 0.4) is 0 Å². The van der Waals surface area contributed by atoms with Gasteiger partial charge in [0.15, 0.2) is 0 Å². The molecule has 1 aliphatic heterocycles. The Morgan fingerprint density at radius 1 is 1.41 bits per heavy atom. The molecule has 0 fully saturated rings. The minimum absolute atomic E-state index is 0.000101. The van der Waals surface area contributed by atoms with Crippen molar-refractivity contribution in [1.82, 2.24) is 10.6 Å². The van der Waals surface area contributed by atoms with Crippen molar-refractivity contribution in [2.24, 2.45) is 5.92 Å². The zero-order chi connectivity index (χ0) is 16.3. The first kappa shape index (κ1) is 16.5. The van der Waals surface area contributed by atoms with Gasteiger partial charge in [-0.3, -0.25) is 0 Å². The summed E-state index contributed by atoms with van der Waals surface area (Å²) in [6.45, 7) is 5.90. The van der Waals surface area contributed by atoms with E-state index in [1.807, 2.05) is 38.1 Å². The van der Waals surface area contributed by atoms with E-state index in [2.05, 4.69) is 26.6 Å². The largest absolute Gasteiger partial charge is 0.463 e. The van der Waals surface area contributed by atoms with Gasteiger partial charge in [0.2, 0.25) is 0 Å². The lowest BCUT2D eigenvalue weighted by Gasteiger charge is -2.31. The Kier molecular flexibility index (Phi) is 5.24. The van der Waals surface area contributed by atoms with Gasteiger partial charge in [-0.1, -0.05) is 41.9 Å². The molecule has 5 nitrogen and oxygen atoms in total. The van der Waals surface area contributed by atoms with E-state index in [1.54, 1.807) is 6.92 Å². The maximum absolute atomic E-state index is 12.4. The predicted octanol–water partition coefficient (Wildman–Crippen LogP) is 3.28. The summed E-state index contributed by atoms with van der Waals surface area (Å²) in [5.41, 5.74) is 1.88. The second-order valence-electron chi connectivity index (χ2n) is 5.29. The Morgan fingerprint density at radius 3 is 2.73 bits per heavy atom. The molecule has 0 radical (unpaired) electrons. The molecule has 1 unspecified atom stereocenters. The first-order chi connectivity index (χ1) is 10.4. The molecule has 0 saturated heterocycles. The highest BCUT2D eigenvalue weighted by molar-refractivity contribution is 9.10. The second kappa shape index (κ2) is 6.96. The molecule has 1 atom stereocenters. The molecule has 0 aromatic heterocycles. The fourth-order valence-corrected chi connectivity index (χ4v) is 2.83. The highest BCUT2D eigenvalue weighted by atomic mass is 79.9. The molecule has 0 bridgehead atoms. The Hall–Kier alpha value is -1.82. The van der Waals surface area contributed by atoms with E-state index in [0.29, 0.717) is 11.3 Å². The van der Waals surface area contributed by atoms with Crippen LogP contribution in [-0.2, 0) is 9.53 Å². The lowest BCUT2D eigenvalue weighted by molar-refractivity contribution is -0.139. The number of esters is 1. The smallest absolute Gasteiger partial charge is 0.338 e. The van der Waals surface area contributed by atoms with E-state index in [4.69, 9.17) is 4.74 Å². The van der Waals surface area contributed by atoms with Crippen LogP contribution in [-0.4, -0.2) is 18.6 Å². The van der Waals surface area contributed by atoms with Crippen molar-refractivity contribution < 1.29 is 14.3 Å². The average molecular weight is 367 g/mol. The van der Waals surface area contributed by atoms with Crippen LogP contribution in [0.25, 0.3) is 0 Å². The van der Waals surface area contributed by atoms with Crippen LogP contribution in [0.1, 0.15) is 32.4 Å². The first-order valence-corrected chi connectivity index (χ1v) is 7.97. The van der Waals surface area contributed by atoms with Crippen molar-refractivity contribution in [3.63, 3.8) is 0 Å². The van der Waals surface area contributed by atoms with Crippen molar-refractivity contribution >= 4 is 27.9 Å². The fraction of sp³-hybridized carbons (Fsp3) is 0.375. The summed E-state index contributed by atoms with van der Waals surface area (Å²) in [4.78, 5) is 24.4. The third kappa shape index (κ3) is 3.50. The van der Waals surface area contributed by atoms with Gasteiger partial charge in [-0.15, -0.1) is 0 Å². The summed E-state index contributed by atoms with van der Waals surface area (Å²) in [7, 11) is 0. The SMILES string of the molecule is CCOC(=O)C1=C(C(C)C)NC(=O)NC1c1cccc(Br)c1. The minimum atomic E-state index is -0.525. The quantitative estimate of drug-likeness (QED) is 0.803. The van der Waals surface area contributed by atoms with E-state index in [1.165, 1.54) is 0 Å². The molecule has 0 spiro atoms. The highest BCUT2D eigenvalue weighted by Crippen LogP contribution is 2.31. The minimum Gasteiger partial charge on any atom is -0.463 e. The number of urea groups is 1. The molecule has 2 amide bonds. The highest BCUT2D eigenvalue weighted by Gasteiger charge is 2.34. The molecule has 22 heavy (non-hydrogen) atoms. The van der Waals surface area contributed by atoms with Gasteiger partial charge in [-0.25, -0.2) is 9.59 Å². The fourth-order valence-electron chi connectivity index (χ4n) is 2.41. The van der Waals surface area contributed by atoms with Crippen LogP contribution < -0.4 is 10.6 Å². The summed E-state index contributed by atoms with van der Waals surface area (Å²) >= 11 is 3.42. The van der Waals surface area contributed by atoms with Gasteiger partial charge < -0.3 is 15.4 Å². The lowest BCUT2D eigenvalue weighted by atomic mass is 9.91. The normalized spacial score (nSPS) is 18.0. The molecule has 0 saturated carbocycles. The van der Waals surface area contributed by atoms with Crippen molar-refractivity contribution in [3.05, 3.63) is 45.6 Å². The number of ether oxygens (including phenoxy) is 1. The number of halogens is 1. The number of hydrogen-bond acceptors (Lipinski definition) is 3. The van der Waals surface area contributed by atoms with E-state index in [-0.39, 0.29) is 18.6 Å². The maximum atomic E-state index is 12.4. The van der Waals surface area contributed by atoms with E-state index < -0.39 is 12.0 Å². The summed E-state index contributed by atoms with van der Waals surface area (Å²) in [6, 6.07) is 6.67. The number of rotatable bonds is 4. The Labute approximate surface area is 138 Å². The Morgan fingerprint density at radius 2 is 2.14 bits per heavy atom. The Bertz CT molecular complexity index is 626. The standard InChI is InChI=1S/C16H19BrN2O3/c1-4-22-15(20)12-13(9(2)3)18-16(21)19-14(12)10-6-5-7-11(17)8-10/h5-9,14H,4H2,1-3H3,(H2,18,19,21). The zero-order valence-corrected chi connectivity index (χ0v) is 14.4. The van der Waals surface area contributed by atoms with Crippen LogP contribution in [0.15, 0.2) is 40.0 Å². The summed E-state index contributed by atoms with van der Waals surface area (Å²) in [5.74, 6) is -0.413. The third-order valence-corrected chi connectivity index (χ3v) is 3.85. The Balaban J connectivity index is 2.55. The molecule has 1 heterocycles. The van der Waals surface area contributed by atoms with E-state index in [0.717, 1.165) is 10.0 Å². The van der Waals surface area contributed by atoms with Crippen molar-refractivity contribution in [2.45, 2.75) is 26.8 Å². The number of amides is 2. The van der Waals surface area contributed by atoms with Crippen LogP contribution >= 0.6 is 15.9 Å². The molecule has 0 aliphatic carbocycles. The predicted molar refractivity (Wildman–Crippen MR) is 87.0 cm³/mol. The zero-order valence-electron chi connectivity index (χ0n) is 12.8. The molecule has 6 heteroatoms. The maximum Gasteiger partial charge on any atom is 0.338 e. The van der Waals surface area contributed by atoms with Gasteiger partial charge in [0.1, 0.15) is 0 Å². The number of nitrogens with one attached hydrogen (secondary N) is 2. The van der Waals surface area contributed by atoms with Gasteiger partial charge >= 0.3 is 12.0 Å². The van der Waals surface area contributed by atoms with Gasteiger partial charge in [0.25, 0.3) is 0 Å². The number of benzene rings is 1. The van der Waals surface area contributed by atoms with E-state index >= 15 is 0 Å². The van der Waals surface area contributed by atoms with Gasteiger partial charge in [0.05, 0.1) is 18.2 Å². The van der Waals surface area contributed by atoms with Gasteiger partial charge in [0, 0.05) is 10.2 Å². The van der Waals surface area contributed by atoms with Crippen molar-refractivity contribution in [1.29, 1.82) is 0 Å². The van der Waals surface area contributed by atoms with Gasteiger partial charge in [-0.2, -0.15) is 0 Å². The monoisotopic (exact) mass is 366 g/mol. The molecular formula is C16H19BrN2O3. The van der Waals surface area contributed by atoms with E-state index in [9.17, 15) is 9.59 Å². The average Bonchev–Trinajstić information content (AvgIpc) is 2.46. The van der Waals surface area contributed by atoms with Gasteiger partial charge in [-0.05, 0) is 30.5 Å². The molecule has 1 aromatic carbocycles. The van der Waals surface area contributed by atoms with Crippen molar-refractivity contribution in [2.75, 3.05) is 6.61 Å².